The zero-order valence-electron chi connectivity index (χ0n) is 19.6. The van der Waals surface area contributed by atoms with Crippen LogP contribution in [-0.4, -0.2) is 39.6 Å². The van der Waals surface area contributed by atoms with E-state index >= 15 is 0 Å². The molecule has 1 aliphatic heterocycles. The van der Waals surface area contributed by atoms with Gasteiger partial charge in [0.05, 0.1) is 29.6 Å². The van der Waals surface area contributed by atoms with E-state index in [1.807, 2.05) is 19.1 Å². The van der Waals surface area contributed by atoms with Gasteiger partial charge in [-0.2, -0.15) is 10.1 Å². The third-order valence-corrected chi connectivity index (χ3v) is 6.73. The van der Waals surface area contributed by atoms with Crippen LogP contribution in [0.5, 0.6) is 17.4 Å². The highest BCUT2D eigenvalue weighted by Gasteiger charge is 2.59. The van der Waals surface area contributed by atoms with Gasteiger partial charge in [-0.1, -0.05) is 18.2 Å². The van der Waals surface area contributed by atoms with E-state index in [-0.39, 0.29) is 47.1 Å². The number of carbonyl (C=O) groups excluding carboxylic acids is 2. The molecule has 0 unspecified atom stereocenters. The minimum Gasteiger partial charge on any atom is -0.490 e. The van der Waals surface area contributed by atoms with Crippen molar-refractivity contribution in [2.24, 2.45) is 28.8 Å². The van der Waals surface area contributed by atoms with Crippen LogP contribution in [0, 0.1) is 33.8 Å². The maximum atomic E-state index is 12.9. The van der Waals surface area contributed by atoms with Crippen molar-refractivity contribution in [3.63, 3.8) is 0 Å². The van der Waals surface area contributed by atoms with Crippen LogP contribution in [0.15, 0.2) is 60.4 Å². The first-order chi connectivity index (χ1) is 17.4. The number of rotatable bonds is 9. The Balaban J connectivity index is 1.43. The van der Waals surface area contributed by atoms with Crippen LogP contribution in [0.25, 0.3) is 0 Å². The summed E-state index contributed by atoms with van der Waals surface area (Å²) in [5.74, 6) is 0.0515. The van der Waals surface area contributed by atoms with Crippen LogP contribution in [-0.2, 0) is 16.0 Å². The number of carbonyl (C=O) groups is 2. The summed E-state index contributed by atoms with van der Waals surface area (Å²) in [6.45, 7) is 5.97. The molecule has 10 nitrogen and oxygen atoms in total. The summed E-state index contributed by atoms with van der Waals surface area (Å²) in [5.41, 5.74) is 1.16. The number of nitrogens with zero attached hydrogens (tertiary/aromatic N) is 4. The summed E-state index contributed by atoms with van der Waals surface area (Å²) in [6.07, 6.45) is 9.64. The van der Waals surface area contributed by atoms with Crippen LogP contribution < -0.4 is 9.47 Å². The SMILES string of the molecule is C=CCc1cc(C=NN2C(=O)[C@@H]3[C@H](C2=O)[C@H]2C=C[C@H]3C2)cc(OCC)c1Oc1ccc([N+](=O)[O-])cn1. The predicted molar refractivity (Wildman–Crippen MR) is 130 cm³/mol. The molecule has 2 fully saturated rings. The molecule has 36 heavy (non-hydrogen) atoms. The van der Waals surface area contributed by atoms with Crippen LogP contribution in [0.2, 0.25) is 0 Å². The molecule has 1 aromatic heterocycles. The van der Waals surface area contributed by atoms with E-state index in [2.05, 4.69) is 16.7 Å². The molecule has 2 aliphatic carbocycles. The van der Waals surface area contributed by atoms with Gasteiger partial charge in [-0.15, -0.1) is 6.58 Å². The molecule has 10 heteroatoms. The lowest BCUT2D eigenvalue weighted by atomic mass is 9.85. The first-order valence-corrected chi connectivity index (χ1v) is 11.7. The number of benzene rings is 1. The minimum absolute atomic E-state index is 0.116. The Kier molecular flexibility index (Phi) is 6.09. The van der Waals surface area contributed by atoms with E-state index in [0.717, 1.165) is 17.6 Å². The second kappa shape index (κ2) is 9.37. The van der Waals surface area contributed by atoms with Gasteiger partial charge in [0.15, 0.2) is 11.5 Å². The quantitative estimate of drug-likeness (QED) is 0.171. The molecule has 0 spiro atoms. The normalized spacial score (nSPS) is 24.0. The van der Waals surface area contributed by atoms with Gasteiger partial charge in [-0.05, 0) is 49.3 Å². The molecule has 2 heterocycles. The summed E-state index contributed by atoms with van der Waals surface area (Å²) < 4.78 is 11.7. The Morgan fingerprint density at radius 2 is 1.94 bits per heavy atom. The van der Waals surface area contributed by atoms with Crippen LogP contribution in [0.4, 0.5) is 5.69 Å². The number of imide groups is 1. The summed E-state index contributed by atoms with van der Waals surface area (Å²) in [5, 5.41) is 16.2. The zero-order valence-corrected chi connectivity index (χ0v) is 19.6. The number of hydrazone groups is 1. The predicted octanol–water partition coefficient (Wildman–Crippen LogP) is 4.05. The molecule has 1 saturated heterocycles. The summed E-state index contributed by atoms with van der Waals surface area (Å²) in [7, 11) is 0. The van der Waals surface area contributed by atoms with Crippen LogP contribution in [0.3, 0.4) is 0 Å². The first kappa shape index (κ1) is 23.4. The van der Waals surface area contributed by atoms with Crippen molar-refractivity contribution in [3.8, 4) is 17.4 Å². The topological polar surface area (TPSA) is 124 Å². The van der Waals surface area contributed by atoms with E-state index in [1.165, 1.54) is 18.3 Å². The average molecular weight is 489 g/mol. The van der Waals surface area contributed by atoms with Gasteiger partial charge < -0.3 is 9.47 Å². The Morgan fingerprint density at radius 1 is 1.22 bits per heavy atom. The van der Waals surface area contributed by atoms with Crippen molar-refractivity contribution < 1.29 is 24.0 Å². The van der Waals surface area contributed by atoms with Crippen molar-refractivity contribution in [1.82, 2.24) is 9.99 Å². The molecule has 5 rings (SSSR count). The molecule has 1 saturated carbocycles. The van der Waals surface area contributed by atoms with Gasteiger partial charge in [0.25, 0.3) is 17.5 Å². The van der Waals surface area contributed by atoms with E-state index < -0.39 is 4.92 Å². The first-order valence-electron chi connectivity index (χ1n) is 11.7. The van der Waals surface area contributed by atoms with Gasteiger partial charge in [0.2, 0.25) is 5.88 Å². The van der Waals surface area contributed by atoms with Crippen molar-refractivity contribution in [3.05, 3.63) is 76.5 Å². The number of aromatic nitrogens is 1. The van der Waals surface area contributed by atoms with Gasteiger partial charge in [0.1, 0.15) is 6.20 Å². The van der Waals surface area contributed by atoms with Gasteiger partial charge >= 0.3 is 0 Å². The number of amides is 2. The lowest BCUT2D eigenvalue weighted by molar-refractivity contribution is -0.385. The molecule has 2 amide bonds. The van der Waals surface area contributed by atoms with Crippen LogP contribution >= 0.6 is 0 Å². The Hall–Kier alpha value is -4.34. The molecule has 184 valence electrons. The number of hydrogen-bond donors (Lipinski definition) is 0. The van der Waals surface area contributed by atoms with Crippen LogP contribution in [0.1, 0.15) is 24.5 Å². The maximum Gasteiger partial charge on any atom is 0.287 e. The molecular weight excluding hydrogens is 464 g/mol. The zero-order chi connectivity index (χ0) is 25.4. The molecule has 2 bridgehead atoms. The average Bonchev–Trinajstić information content (AvgIpc) is 3.54. The van der Waals surface area contributed by atoms with Gasteiger partial charge in [-0.3, -0.25) is 19.7 Å². The minimum atomic E-state index is -0.538. The Labute approximate surface area is 207 Å². The fourth-order valence-corrected chi connectivity index (χ4v) is 5.21. The van der Waals surface area contributed by atoms with Crippen molar-refractivity contribution >= 4 is 23.7 Å². The molecule has 0 N–H and O–H groups in total. The van der Waals surface area contributed by atoms with E-state index in [0.29, 0.717) is 35.7 Å². The molecule has 3 aliphatic rings. The number of nitro groups is 1. The summed E-state index contributed by atoms with van der Waals surface area (Å²) in [6, 6.07) is 6.20. The summed E-state index contributed by atoms with van der Waals surface area (Å²) in [4.78, 5) is 40.2. The Morgan fingerprint density at radius 3 is 2.53 bits per heavy atom. The molecule has 2 aromatic rings. The fourth-order valence-electron chi connectivity index (χ4n) is 5.21. The lowest BCUT2D eigenvalue weighted by Gasteiger charge is -2.16. The van der Waals surface area contributed by atoms with Crippen molar-refractivity contribution in [1.29, 1.82) is 0 Å². The second-order valence-corrected chi connectivity index (χ2v) is 8.88. The number of hydrogen-bond acceptors (Lipinski definition) is 8. The van der Waals surface area contributed by atoms with Crippen molar-refractivity contribution in [2.75, 3.05) is 6.61 Å². The van der Waals surface area contributed by atoms with E-state index in [1.54, 1.807) is 18.2 Å². The van der Waals surface area contributed by atoms with E-state index in [9.17, 15) is 19.7 Å². The van der Waals surface area contributed by atoms with Gasteiger partial charge in [0, 0.05) is 17.7 Å². The number of pyridine rings is 1. The molecule has 0 radical (unpaired) electrons. The smallest absolute Gasteiger partial charge is 0.287 e. The third kappa shape index (κ3) is 4.04. The number of fused-ring (bicyclic) bond motifs is 5. The maximum absolute atomic E-state index is 12.9. The van der Waals surface area contributed by atoms with Crippen molar-refractivity contribution in [2.45, 2.75) is 19.8 Å². The molecular formula is C26H24N4O6. The molecule has 4 atom stereocenters. The molecule has 1 aromatic carbocycles. The number of allylic oxidation sites excluding steroid dienone is 3. The highest BCUT2D eigenvalue weighted by atomic mass is 16.6. The third-order valence-electron chi connectivity index (χ3n) is 6.73. The van der Waals surface area contributed by atoms with E-state index in [4.69, 9.17) is 9.47 Å². The second-order valence-electron chi connectivity index (χ2n) is 8.88. The lowest BCUT2D eigenvalue weighted by Crippen LogP contribution is -2.28. The fraction of sp³-hybridized carbons (Fsp3) is 0.308. The highest BCUT2D eigenvalue weighted by molar-refractivity contribution is 6.06. The number of ether oxygens (including phenoxy) is 2. The largest absolute Gasteiger partial charge is 0.490 e. The summed E-state index contributed by atoms with van der Waals surface area (Å²) >= 11 is 0. The van der Waals surface area contributed by atoms with Gasteiger partial charge in [-0.25, -0.2) is 4.98 Å². The highest BCUT2D eigenvalue weighted by Crippen LogP contribution is 2.52. The Bertz CT molecular complexity index is 1270. The standard InChI is InChI=1S/C26H24N4O6/c1-3-5-18-10-15(13-28-29-25(31)22-16-6-7-17(12-16)23(22)26(29)32)11-20(35-4-2)24(18)36-21-9-8-19(14-27-21)30(33)34/h3,6-11,13-14,16-17,22-23H,1,4-5,12H2,2H3/t16-,17-,22-,23+/m0/s1. The monoisotopic (exact) mass is 488 g/mol.